The molecule has 1 N–H and O–H groups in total. The highest BCUT2D eigenvalue weighted by Crippen LogP contribution is 2.22. The molecule has 9 heteroatoms. The van der Waals surface area contributed by atoms with Crippen molar-refractivity contribution < 1.29 is 22.4 Å². The Morgan fingerprint density at radius 1 is 1.00 bits per heavy atom. The minimum atomic E-state index is -3.63. The summed E-state index contributed by atoms with van der Waals surface area (Å²) in [5, 5.41) is 2.51. The van der Waals surface area contributed by atoms with Crippen LogP contribution in [0.25, 0.3) is 0 Å². The van der Waals surface area contributed by atoms with Crippen molar-refractivity contribution in [2.75, 3.05) is 32.7 Å². The third kappa shape index (κ3) is 4.85. The van der Waals surface area contributed by atoms with Crippen LogP contribution in [0, 0.1) is 19.7 Å². The fraction of sp³-hybridized carbons (Fsp3) is 0.333. The third-order valence-electron chi connectivity index (χ3n) is 5.06. The Hall–Kier alpha value is -2.78. The average Bonchev–Trinajstić information content (AvgIpc) is 2.74. The van der Waals surface area contributed by atoms with E-state index in [4.69, 9.17) is 0 Å². The van der Waals surface area contributed by atoms with Crippen LogP contribution >= 0.6 is 0 Å². The Morgan fingerprint density at radius 2 is 1.63 bits per heavy atom. The molecule has 0 bridgehead atoms. The molecule has 30 heavy (non-hydrogen) atoms. The molecule has 0 unspecified atom stereocenters. The highest BCUT2D eigenvalue weighted by atomic mass is 32.2. The van der Waals surface area contributed by atoms with E-state index in [9.17, 15) is 22.4 Å². The minimum Gasteiger partial charge on any atom is -0.343 e. The maximum Gasteiger partial charge on any atom is 0.251 e. The minimum absolute atomic E-state index is 0.188. The largest absolute Gasteiger partial charge is 0.343 e. The van der Waals surface area contributed by atoms with E-state index in [0.717, 1.165) is 5.56 Å². The molecule has 7 nitrogen and oxygen atoms in total. The molecule has 1 heterocycles. The number of hydrogen-bond donors (Lipinski definition) is 1. The summed E-state index contributed by atoms with van der Waals surface area (Å²) in [7, 11) is -3.63. The number of hydrogen-bond acceptors (Lipinski definition) is 4. The van der Waals surface area contributed by atoms with Gasteiger partial charge in [0.15, 0.2) is 0 Å². The van der Waals surface area contributed by atoms with Crippen LogP contribution in [0.3, 0.4) is 0 Å². The zero-order valence-electron chi connectivity index (χ0n) is 16.9. The summed E-state index contributed by atoms with van der Waals surface area (Å²) in [5.41, 5.74) is 1.81. The van der Waals surface area contributed by atoms with E-state index in [1.165, 1.54) is 33.5 Å². The van der Waals surface area contributed by atoms with Gasteiger partial charge in [-0.2, -0.15) is 4.31 Å². The lowest BCUT2D eigenvalue weighted by Gasteiger charge is -2.34. The van der Waals surface area contributed by atoms with E-state index < -0.39 is 21.7 Å². The summed E-state index contributed by atoms with van der Waals surface area (Å²) >= 11 is 0. The van der Waals surface area contributed by atoms with Crippen LogP contribution in [0.5, 0.6) is 0 Å². The number of piperazine rings is 1. The van der Waals surface area contributed by atoms with Gasteiger partial charge in [0.1, 0.15) is 5.82 Å². The molecule has 1 aliphatic rings. The molecule has 0 spiro atoms. The fourth-order valence-electron chi connectivity index (χ4n) is 3.27. The Bertz CT molecular complexity index is 1050. The van der Waals surface area contributed by atoms with Crippen LogP contribution < -0.4 is 5.32 Å². The van der Waals surface area contributed by atoms with Crippen molar-refractivity contribution in [1.29, 1.82) is 0 Å². The Morgan fingerprint density at radius 3 is 2.27 bits per heavy atom. The normalized spacial score (nSPS) is 15.1. The number of sulfonamides is 1. The molecule has 160 valence electrons. The van der Waals surface area contributed by atoms with E-state index >= 15 is 0 Å². The van der Waals surface area contributed by atoms with Gasteiger partial charge in [-0.05, 0) is 55.3 Å². The molecule has 0 aliphatic carbocycles. The first kappa shape index (κ1) is 21.9. The van der Waals surface area contributed by atoms with Crippen LogP contribution in [0.2, 0.25) is 0 Å². The molecule has 1 fully saturated rings. The lowest BCUT2D eigenvalue weighted by atomic mass is 10.2. The predicted molar refractivity (Wildman–Crippen MR) is 110 cm³/mol. The maximum absolute atomic E-state index is 13.0. The van der Waals surface area contributed by atoms with Crippen molar-refractivity contribution in [2.24, 2.45) is 0 Å². The molecule has 2 aromatic rings. The Balaban J connectivity index is 1.55. The van der Waals surface area contributed by atoms with Crippen molar-refractivity contribution in [3.63, 3.8) is 0 Å². The van der Waals surface area contributed by atoms with Gasteiger partial charge in [0.05, 0.1) is 11.4 Å². The number of benzene rings is 2. The molecule has 0 aromatic heterocycles. The van der Waals surface area contributed by atoms with Gasteiger partial charge in [-0.1, -0.05) is 12.1 Å². The quantitative estimate of drug-likeness (QED) is 0.778. The number of carbonyl (C=O) groups is 2. The molecule has 0 radical (unpaired) electrons. The topological polar surface area (TPSA) is 86.8 Å². The van der Waals surface area contributed by atoms with Crippen molar-refractivity contribution in [3.8, 4) is 0 Å². The molecule has 0 atom stereocenters. The van der Waals surface area contributed by atoms with E-state index in [2.05, 4.69) is 5.32 Å². The number of halogens is 1. The molecule has 0 saturated carbocycles. The van der Waals surface area contributed by atoms with Crippen LogP contribution in [0.4, 0.5) is 4.39 Å². The van der Waals surface area contributed by atoms with E-state index in [0.29, 0.717) is 5.56 Å². The second-order valence-electron chi connectivity index (χ2n) is 7.24. The Labute approximate surface area is 175 Å². The predicted octanol–water partition coefficient (Wildman–Crippen LogP) is 1.71. The number of aryl methyl sites for hydroxylation is 2. The smallest absolute Gasteiger partial charge is 0.251 e. The highest BCUT2D eigenvalue weighted by molar-refractivity contribution is 7.89. The molecular formula is C21H24FN3O4S. The van der Waals surface area contributed by atoms with Crippen molar-refractivity contribution in [1.82, 2.24) is 14.5 Å². The number of amides is 2. The summed E-state index contributed by atoms with van der Waals surface area (Å²) in [5.74, 6) is -1.22. The summed E-state index contributed by atoms with van der Waals surface area (Å²) < 4.78 is 40.3. The Kier molecular flexibility index (Phi) is 6.52. The first-order valence-electron chi connectivity index (χ1n) is 9.57. The molecule has 1 aliphatic heterocycles. The van der Waals surface area contributed by atoms with E-state index in [-0.39, 0.29) is 49.1 Å². The molecule has 2 amide bonds. The second-order valence-corrected chi connectivity index (χ2v) is 9.15. The van der Waals surface area contributed by atoms with E-state index in [1.54, 1.807) is 19.1 Å². The summed E-state index contributed by atoms with van der Waals surface area (Å²) in [6.45, 7) is 4.26. The highest BCUT2D eigenvalue weighted by Gasteiger charge is 2.31. The van der Waals surface area contributed by atoms with Gasteiger partial charge in [-0.3, -0.25) is 9.59 Å². The molecular weight excluding hydrogens is 409 g/mol. The fourth-order valence-corrected chi connectivity index (χ4v) is 5.01. The van der Waals surface area contributed by atoms with Gasteiger partial charge >= 0.3 is 0 Å². The van der Waals surface area contributed by atoms with Crippen molar-refractivity contribution in [2.45, 2.75) is 18.7 Å². The SMILES string of the molecule is Cc1ccc(C)c(S(=O)(=O)N2CCN(C(=O)CNC(=O)c3ccc(F)cc3)CC2)c1. The van der Waals surface area contributed by atoms with Crippen LogP contribution in [-0.4, -0.2) is 62.2 Å². The van der Waals surface area contributed by atoms with Crippen LogP contribution in [0.15, 0.2) is 47.4 Å². The van der Waals surface area contributed by atoms with Gasteiger partial charge in [-0.25, -0.2) is 12.8 Å². The van der Waals surface area contributed by atoms with E-state index in [1.807, 2.05) is 13.0 Å². The molecule has 3 rings (SSSR count). The molecule has 1 saturated heterocycles. The summed E-state index contributed by atoms with van der Waals surface area (Å²) in [6, 6.07) is 10.3. The zero-order chi connectivity index (χ0) is 21.9. The molecule has 2 aromatic carbocycles. The monoisotopic (exact) mass is 433 g/mol. The van der Waals surface area contributed by atoms with Crippen molar-refractivity contribution in [3.05, 3.63) is 65.0 Å². The van der Waals surface area contributed by atoms with Crippen LogP contribution in [-0.2, 0) is 14.8 Å². The van der Waals surface area contributed by atoms with Gasteiger partial charge in [0, 0.05) is 31.7 Å². The number of nitrogens with zero attached hydrogens (tertiary/aromatic N) is 2. The number of carbonyl (C=O) groups excluding carboxylic acids is 2. The average molecular weight is 434 g/mol. The first-order valence-corrected chi connectivity index (χ1v) is 11.0. The zero-order valence-corrected chi connectivity index (χ0v) is 17.7. The summed E-state index contributed by atoms with van der Waals surface area (Å²) in [4.78, 5) is 26.3. The van der Waals surface area contributed by atoms with Gasteiger partial charge < -0.3 is 10.2 Å². The van der Waals surface area contributed by atoms with Crippen molar-refractivity contribution >= 4 is 21.8 Å². The standard InChI is InChI=1S/C21H24FN3O4S/c1-15-3-4-16(2)19(13-15)30(28,29)25-11-9-24(10-12-25)20(26)14-23-21(27)17-5-7-18(22)8-6-17/h3-8,13H,9-12,14H2,1-2H3,(H,23,27). The van der Waals surface area contributed by atoms with Crippen LogP contribution in [0.1, 0.15) is 21.5 Å². The van der Waals surface area contributed by atoms with Gasteiger partial charge in [-0.15, -0.1) is 0 Å². The summed E-state index contributed by atoms with van der Waals surface area (Å²) in [6.07, 6.45) is 0. The van der Waals surface area contributed by atoms with Gasteiger partial charge in [0.25, 0.3) is 5.91 Å². The third-order valence-corrected chi connectivity index (χ3v) is 7.10. The second kappa shape index (κ2) is 8.93. The number of rotatable bonds is 5. The van der Waals surface area contributed by atoms with Gasteiger partial charge in [0.2, 0.25) is 15.9 Å². The number of nitrogens with one attached hydrogen (secondary N) is 1. The maximum atomic E-state index is 13.0. The first-order chi connectivity index (χ1) is 14.2. The lowest BCUT2D eigenvalue weighted by molar-refractivity contribution is -0.131. The lowest BCUT2D eigenvalue weighted by Crippen LogP contribution is -2.52.